The van der Waals surface area contributed by atoms with Gasteiger partial charge in [0.25, 0.3) is 0 Å². The van der Waals surface area contributed by atoms with Crippen LogP contribution in [0.3, 0.4) is 0 Å². The van der Waals surface area contributed by atoms with E-state index in [-0.39, 0.29) is 0 Å². The zero-order chi connectivity index (χ0) is 10.3. The number of rotatable bonds is 1. The monoisotopic (exact) mass is 207 g/mol. The second-order valence-corrected chi connectivity index (χ2v) is 4.04. The van der Waals surface area contributed by atoms with Crippen molar-refractivity contribution in [2.75, 3.05) is 5.73 Å². The molecule has 0 saturated heterocycles. The molecule has 3 N–H and O–H groups in total. The predicted molar refractivity (Wildman–Crippen MR) is 57.9 cm³/mol. The third-order valence-electron chi connectivity index (χ3n) is 2.22. The number of benzene rings is 1. The van der Waals surface area contributed by atoms with Crippen molar-refractivity contribution >= 4 is 33.1 Å². The summed E-state index contributed by atoms with van der Waals surface area (Å²) in [4.78, 5) is 10.9. The lowest BCUT2D eigenvalue weighted by atomic mass is 10.1. The Hall–Kier alpha value is -1.55. The molecule has 0 fully saturated rings. The summed E-state index contributed by atoms with van der Waals surface area (Å²) in [5.41, 5.74) is 7.67. The lowest BCUT2D eigenvalue weighted by Crippen LogP contribution is -1.99. The van der Waals surface area contributed by atoms with Crippen LogP contribution < -0.4 is 5.73 Å². The van der Waals surface area contributed by atoms with Gasteiger partial charge in [-0.25, -0.2) is 4.79 Å². The first-order chi connectivity index (χ1) is 6.61. The van der Waals surface area contributed by atoms with Gasteiger partial charge in [0.2, 0.25) is 0 Å². The number of nitrogen functional groups attached to an aromatic ring is 1. The predicted octanol–water partition coefficient (Wildman–Crippen LogP) is 2.49. The molecule has 0 amide bonds. The van der Waals surface area contributed by atoms with Crippen molar-refractivity contribution in [1.82, 2.24) is 0 Å². The van der Waals surface area contributed by atoms with E-state index in [1.54, 1.807) is 6.07 Å². The highest BCUT2D eigenvalue weighted by Gasteiger charge is 2.13. The first-order valence-corrected chi connectivity index (χ1v) is 4.99. The number of carboxylic acid groups (broad SMARTS) is 1. The molecule has 3 nitrogen and oxygen atoms in total. The fraction of sp³-hybridized carbons (Fsp3) is 0.100. The number of aryl methyl sites for hydroxylation is 1. The van der Waals surface area contributed by atoms with Crippen molar-refractivity contribution in [3.05, 3.63) is 28.6 Å². The average Bonchev–Trinajstić information content (AvgIpc) is 2.59. The zero-order valence-corrected chi connectivity index (χ0v) is 8.39. The van der Waals surface area contributed by atoms with Crippen LogP contribution in [0.1, 0.15) is 15.9 Å². The molecule has 2 rings (SSSR count). The van der Waals surface area contributed by atoms with Crippen molar-refractivity contribution in [3.63, 3.8) is 0 Å². The second-order valence-electron chi connectivity index (χ2n) is 3.12. The van der Waals surface area contributed by atoms with Gasteiger partial charge >= 0.3 is 5.97 Å². The number of hydrogen-bond acceptors (Lipinski definition) is 3. The Morgan fingerprint density at radius 3 is 2.93 bits per heavy atom. The summed E-state index contributed by atoms with van der Waals surface area (Å²) in [6.45, 7) is 1.82. The standard InChI is InChI=1S/C10H9NO2S/c1-5-4-7(10(12)13)9-6(8(5)11)2-3-14-9/h2-4H,11H2,1H3,(H,12,13). The minimum Gasteiger partial charge on any atom is -0.478 e. The largest absolute Gasteiger partial charge is 0.478 e. The van der Waals surface area contributed by atoms with Gasteiger partial charge < -0.3 is 10.8 Å². The number of fused-ring (bicyclic) bond motifs is 1. The third-order valence-corrected chi connectivity index (χ3v) is 3.16. The lowest BCUT2D eigenvalue weighted by molar-refractivity contribution is 0.0699. The highest BCUT2D eigenvalue weighted by Crippen LogP contribution is 2.32. The molecule has 1 aromatic carbocycles. The molecule has 2 aromatic rings. The van der Waals surface area contributed by atoms with Crippen molar-refractivity contribution in [2.24, 2.45) is 0 Å². The lowest BCUT2D eigenvalue weighted by Gasteiger charge is -2.04. The quantitative estimate of drug-likeness (QED) is 0.706. The van der Waals surface area contributed by atoms with Gasteiger partial charge in [-0.05, 0) is 30.0 Å². The number of carboxylic acids is 1. The van der Waals surface area contributed by atoms with Crippen molar-refractivity contribution < 1.29 is 9.90 Å². The average molecular weight is 207 g/mol. The molecule has 0 unspecified atom stereocenters. The summed E-state index contributed by atoms with van der Waals surface area (Å²) in [7, 11) is 0. The molecule has 0 saturated carbocycles. The van der Waals surface area contributed by atoms with Gasteiger partial charge in [-0.3, -0.25) is 0 Å². The summed E-state index contributed by atoms with van der Waals surface area (Å²) < 4.78 is 0.751. The fourth-order valence-electron chi connectivity index (χ4n) is 1.46. The van der Waals surface area contributed by atoms with E-state index in [2.05, 4.69) is 0 Å². The first kappa shape index (κ1) is 9.02. The number of thiophene rings is 1. The molecule has 0 aliphatic rings. The minimum atomic E-state index is -0.902. The van der Waals surface area contributed by atoms with Crippen LogP contribution in [0.2, 0.25) is 0 Å². The molecular weight excluding hydrogens is 198 g/mol. The summed E-state index contributed by atoms with van der Waals surface area (Å²) in [6.07, 6.45) is 0. The van der Waals surface area contributed by atoms with Crippen LogP contribution in [0.15, 0.2) is 17.5 Å². The maximum absolute atomic E-state index is 10.9. The maximum atomic E-state index is 10.9. The Balaban J connectivity index is 2.91. The number of aromatic carboxylic acids is 1. The summed E-state index contributed by atoms with van der Waals surface area (Å²) in [5.74, 6) is -0.902. The zero-order valence-electron chi connectivity index (χ0n) is 7.57. The molecule has 14 heavy (non-hydrogen) atoms. The van der Waals surface area contributed by atoms with E-state index in [4.69, 9.17) is 10.8 Å². The molecule has 4 heteroatoms. The van der Waals surface area contributed by atoms with Gasteiger partial charge in [-0.1, -0.05) is 0 Å². The van der Waals surface area contributed by atoms with E-state index in [0.29, 0.717) is 11.3 Å². The first-order valence-electron chi connectivity index (χ1n) is 4.11. The van der Waals surface area contributed by atoms with E-state index in [1.807, 2.05) is 18.4 Å². The Morgan fingerprint density at radius 1 is 1.57 bits per heavy atom. The molecule has 0 atom stereocenters. The smallest absolute Gasteiger partial charge is 0.337 e. The van der Waals surface area contributed by atoms with Gasteiger partial charge in [-0.15, -0.1) is 11.3 Å². The molecular formula is C10H9NO2S. The van der Waals surface area contributed by atoms with Crippen molar-refractivity contribution in [2.45, 2.75) is 6.92 Å². The van der Waals surface area contributed by atoms with E-state index in [9.17, 15) is 4.79 Å². The molecule has 0 spiro atoms. The molecule has 0 aliphatic heterocycles. The van der Waals surface area contributed by atoms with Gasteiger partial charge in [0.15, 0.2) is 0 Å². The second kappa shape index (κ2) is 2.99. The van der Waals surface area contributed by atoms with Crippen LogP contribution in [0, 0.1) is 6.92 Å². The summed E-state index contributed by atoms with van der Waals surface area (Å²) in [6, 6.07) is 3.48. The van der Waals surface area contributed by atoms with Crippen LogP contribution in [-0.4, -0.2) is 11.1 Å². The van der Waals surface area contributed by atoms with Crippen molar-refractivity contribution in [3.8, 4) is 0 Å². The fourth-order valence-corrected chi connectivity index (χ4v) is 2.38. The number of anilines is 1. The van der Waals surface area contributed by atoms with Crippen LogP contribution in [0.25, 0.3) is 10.1 Å². The Morgan fingerprint density at radius 2 is 2.29 bits per heavy atom. The summed E-state index contributed by atoms with van der Waals surface area (Å²) >= 11 is 1.40. The van der Waals surface area contributed by atoms with Crippen LogP contribution in [0.4, 0.5) is 5.69 Å². The van der Waals surface area contributed by atoms with Gasteiger partial charge in [0, 0.05) is 11.1 Å². The number of hydrogen-bond donors (Lipinski definition) is 2. The molecule has 1 heterocycles. The maximum Gasteiger partial charge on any atom is 0.337 e. The van der Waals surface area contributed by atoms with Gasteiger partial charge in [0.05, 0.1) is 10.3 Å². The molecule has 1 aromatic heterocycles. The van der Waals surface area contributed by atoms with Crippen LogP contribution in [0.5, 0.6) is 0 Å². The highest BCUT2D eigenvalue weighted by molar-refractivity contribution is 7.17. The molecule has 0 aliphatic carbocycles. The third kappa shape index (κ3) is 1.15. The van der Waals surface area contributed by atoms with Crippen LogP contribution in [-0.2, 0) is 0 Å². The Labute approximate surface area is 84.8 Å². The molecule has 0 radical (unpaired) electrons. The Bertz CT molecular complexity index is 516. The highest BCUT2D eigenvalue weighted by atomic mass is 32.1. The topological polar surface area (TPSA) is 63.3 Å². The molecule has 0 bridgehead atoms. The summed E-state index contributed by atoms with van der Waals surface area (Å²) in [5, 5.41) is 11.7. The van der Waals surface area contributed by atoms with Gasteiger partial charge in [-0.2, -0.15) is 0 Å². The van der Waals surface area contributed by atoms with Crippen molar-refractivity contribution in [1.29, 1.82) is 0 Å². The van der Waals surface area contributed by atoms with Gasteiger partial charge in [0.1, 0.15) is 0 Å². The van der Waals surface area contributed by atoms with E-state index < -0.39 is 5.97 Å². The number of nitrogens with two attached hydrogens (primary N) is 1. The molecule has 72 valence electrons. The van der Waals surface area contributed by atoms with E-state index in [1.165, 1.54) is 11.3 Å². The minimum absolute atomic E-state index is 0.335. The van der Waals surface area contributed by atoms with E-state index >= 15 is 0 Å². The number of carbonyl (C=O) groups is 1. The van der Waals surface area contributed by atoms with E-state index in [0.717, 1.165) is 15.6 Å². The Kier molecular flexibility index (Phi) is 1.93. The SMILES string of the molecule is Cc1cc(C(=O)O)c2sccc2c1N. The van der Waals surface area contributed by atoms with Crippen LogP contribution >= 0.6 is 11.3 Å². The normalized spacial score (nSPS) is 10.6.